The molecule has 3 heteroatoms. The number of alkyl halides is 1. The van der Waals surface area contributed by atoms with Crippen LogP contribution in [0.3, 0.4) is 0 Å². The second kappa shape index (κ2) is 5.10. The molecule has 1 rings (SSSR count). The van der Waals surface area contributed by atoms with Crippen LogP contribution >= 0.6 is 15.9 Å². The standard InChI is InChI=1S/C7H13BrO2/c8-3-1-4-10-7-2-5-9-6-7/h7H,1-6H2/t7-/m0/s1. The summed E-state index contributed by atoms with van der Waals surface area (Å²) >= 11 is 3.35. The molecule has 0 aromatic carbocycles. The molecule has 0 aromatic rings. The molecule has 0 bridgehead atoms. The molecular formula is C7H13BrO2. The Kier molecular flexibility index (Phi) is 4.34. The number of rotatable bonds is 4. The molecular weight excluding hydrogens is 196 g/mol. The monoisotopic (exact) mass is 208 g/mol. The summed E-state index contributed by atoms with van der Waals surface area (Å²) in [6, 6.07) is 0. The summed E-state index contributed by atoms with van der Waals surface area (Å²) in [5.74, 6) is 0. The molecule has 0 aromatic heterocycles. The van der Waals surface area contributed by atoms with Gasteiger partial charge < -0.3 is 9.47 Å². The zero-order chi connectivity index (χ0) is 7.23. The summed E-state index contributed by atoms with van der Waals surface area (Å²) in [5.41, 5.74) is 0. The second-order valence-electron chi connectivity index (χ2n) is 2.40. The van der Waals surface area contributed by atoms with Gasteiger partial charge in [0.05, 0.1) is 12.7 Å². The van der Waals surface area contributed by atoms with Gasteiger partial charge in [-0.25, -0.2) is 0 Å². The van der Waals surface area contributed by atoms with E-state index >= 15 is 0 Å². The number of ether oxygens (including phenoxy) is 2. The molecule has 0 spiro atoms. The highest BCUT2D eigenvalue weighted by molar-refractivity contribution is 9.09. The molecule has 1 heterocycles. The normalized spacial score (nSPS) is 25.5. The summed E-state index contributed by atoms with van der Waals surface area (Å²) < 4.78 is 10.6. The minimum absolute atomic E-state index is 0.374. The topological polar surface area (TPSA) is 18.5 Å². The minimum atomic E-state index is 0.374. The lowest BCUT2D eigenvalue weighted by atomic mass is 10.3. The SMILES string of the molecule is BrCCCO[C@H]1CCOC1. The van der Waals surface area contributed by atoms with Gasteiger partial charge in [0.15, 0.2) is 0 Å². The molecule has 1 fully saturated rings. The Hall–Kier alpha value is 0.400. The summed E-state index contributed by atoms with van der Waals surface area (Å²) in [6.07, 6.45) is 2.54. The van der Waals surface area contributed by atoms with Crippen LogP contribution in [0.4, 0.5) is 0 Å². The number of hydrogen-bond donors (Lipinski definition) is 0. The zero-order valence-electron chi connectivity index (χ0n) is 6.01. The van der Waals surface area contributed by atoms with E-state index in [-0.39, 0.29) is 0 Å². The zero-order valence-corrected chi connectivity index (χ0v) is 7.60. The van der Waals surface area contributed by atoms with E-state index in [1.165, 1.54) is 0 Å². The van der Waals surface area contributed by atoms with Crippen LogP contribution in [0.1, 0.15) is 12.8 Å². The van der Waals surface area contributed by atoms with Gasteiger partial charge in [0.2, 0.25) is 0 Å². The van der Waals surface area contributed by atoms with E-state index in [4.69, 9.17) is 9.47 Å². The molecule has 1 atom stereocenters. The minimum Gasteiger partial charge on any atom is -0.379 e. The van der Waals surface area contributed by atoms with Crippen LogP contribution in [0.5, 0.6) is 0 Å². The Bertz CT molecular complexity index is 81.7. The predicted molar refractivity (Wildman–Crippen MR) is 43.6 cm³/mol. The molecule has 0 radical (unpaired) electrons. The van der Waals surface area contributed by atoms with Crippen molar-refractivity contribution in [1.82, 2.24) is 0 Å². The van der Waals surface area contributed by atoms with Gasteiger partial charge in [-0.1, -0.05) is 15.9 Å². The van der Waals surface area contributed by atoms with Crippen molar-refractivity contribution in [3.05, 3.63) is 0 Å². The quantitative estimate of drug-likeness (QED) is 0.517. The van der Waals surface area contributed by atoms with E-state index in [2.05, 4.69) is 15.9 Å². The molecule has 0 aliphatic carbocycles. The van der Waals surface area contributed by atoms with E-state index in [0.29, 0.717) is 6.10 Å². The third kappa shape index (κ3) is 2.99. The molecule has 0 unspecified atom stereocenters. The lowest BCUT2D eigenvalue weighted by Gasteiger charge is -2.07. The van der Waals surface area contributed by atoms with Crippen molar-refractivity contribution in [2.75, 3.05) is 25.2 Å². The van der Waals surface area contributed by atoms with Gasteiger partial charge in [-0.3, -0.25) is 0 Å². The Morgan fingerprint density at radius 3 is 3.10 bits per heavy atom. The lowest BCUT2D eigenvalue weighted by molar-refractivity contribution is 0.0437. The Labute approximate surface area is 70.0 Å². The van der Waals surface area contributed by atoms with Crippen LogP contribution in [-0.2, 0) is 9.47 Å². The second-order valence-corrected chi connectivity index (χ2v) is 3.19. The fourth-order valence-electron chi connectivity index (χ4n) is 0.949. The first-order valence-electron chi connectivity index (χ1n) is 3.69. The van der Waals surface area contributed by atoms with Crippen molar-refractivity contribution in [3.63, 3.8) is 0 Å². The lowest BCUT2D eigenvalue weighted by Crippen LogP contribution is -2.13. The van der Waals surface area contributed by atoms with Gasteiger partial charge in [0, 0.05) is 18.5 Å². The average Bonchev–Trinajstić information content (AvgIpc) is 2.41. The van der Waals surface area contributed by atoms with Crippen molar-refractivity contribution in [2.24, 2.45) is 0 Å². The third-order valence-electron chi connectivity index (χ3n) is 1.52. The highest BCUT2D eigenvalue weighted by Crippen LogP contribution is 2.08. The highest BCUT2D eigenvalue weighted by atomic mass is 79.9. The highest BCUT2D eigenvalue weighted by Gasteiger charge is 2.14. The van der Waals surface area contributed by atoms with Crippen LogP contribution in [-0.4, -0.2) is 31.3 Å². The van der Waals surface area contributed by atoms with E-state index < -0.39 is 0 Å². The van der Waals surface area contributed by atoms with Gasteiger partial charge in [-0.15, -0.1) is 0 Å². The van der Waals surface area contributed by atoms with Crippen molar-refractivity contribution in [2.45, 2.75) is 18.9 Å². The van der Waals surface area contributed by atoms with Gasteiger partial charge in [-0.05, 0) is 12.8 Å². The molecule has 1 aliphatic heterocycles. The van der Waals surface area contributed by atoms with Crippen LogP contribution in [0.25, 0.3) is 0 Å². The summed E-state index contributed by atoms with van der Waals surface area (Å²) in [4.78, 5) is 0. The van der Waals surface area contributed by atoms with Gasteiger partial charge >= 0.3 is 0 Å². The van der Waals surface area contributed by atoms with Crippen LogP contribution < -0.4 is 0 Å². The fraction of sp³-hybridized carbons (Fsp3) is 1.00. The Morgan fingerprint density at radius 1 is 1.60 bits per heavy atom. The van der Waals surface area contributed by atoms with Gasteiger partial charge in [0.25, 0.3) is 0 Å². The summed E-state index contributed by atoms with van der Waals surface area (Å²) in [6.45, 7) is 2.53. The maximum atomic E-state index is 5.49. The van der Waals surface area contributed by atoms with Crippen molar-refractivity contribution < 1.29 is 9.47 Å². The fourth-order valence-corrected chi connectivity index (χ4v) is 1.18. The summed E-state index contributed by atoms with van der Waals surface area (Å²) in [5, 5.41) is 1.03. The maximum Gasteiger partial charge on any atom is 0.0830 e. The average molecular weight is 209 g/mol. The van der Waals surface area contributed by atoms with Crippen LogP contribution in [0, 0.1) is 0 Å². The van der Waals surface area contributed by atoms with E-state index in [1.54, 1.807) is 0 Å². The van der Waals surface area contributed by atoms with Crippen LogP contribution in [0.2, 0.25) is 0 Å². The van der Waals surface area contributed by atoms with E-state index in [0.717, 1.165) is 38.0 Å². The first-order valence-corrected chi connectivity index (χ1v) is 4.81. The Balaban J connectivity index is 1.91. The van der Waals surface area contributed by atoms with Gasteiger partial charge in [-0.2, -0.15) is 0 Å². The van der Waals surface area contributed by atoms with Crippen molar-refractivity contribution >= 4 is 15.9 Å². The first-order chi connectivity index (χ1) is 4.93. The number of halogens is 1. The predicted octanol–water partition coefficient (Wildman–Crippen LogP) is 1.58. The van der Waals surface area contributed by atoms with Crippen molar-refractivity contribution in [3.8, 4) is 0 Å². The number of hydrogen-bond acceptors (Lipinski definition) is 2. The van der Waals surface area contributed by atoms with Crippen molar-refractivity contribution in [1.29, 1.82) is 0 Å². The molecule has 1 saturated heterocycles. The summed E-state index contributed by atoms with van der Waals surface area (Å²) in [7, 11) is 0. The van der Waals surface area contributed by atoms with E-state index in [9.17, 15) is 0 Å². The van der Waals surface area contributed by atoms with Crippen LogP contribution in [0.15, 0.2) is 0 Å². The Morgan fingerprint density at radius 2 is 2.50 bits per heavy atom. The third-order valence-corrected chi connectivity index (χ3v) is 2.08. The molecule has 2 nitrogen and oxygen atoms in total. The smallest absolute Gasteiger partial charge is 0.0830 e. The largest absolute Gasteiger partial charge is 0.379 e. The van der Waals surface area contributed by atoms with Gasteiger partial charge in [0.1, 0.15) is 0 Å². The molecule has 0 amide bonds. The molecule has 0 saturated carbocycles. The molecule has 60 valence electrons. The van der Waals surface area contributed by atoms with E-state index in [1.807, 2.05) is 0 Å². The first kappa shape index (κ1) is 8.50. The molecule has 10 heavy (non-hydrogen) atoms. The molecule has 1 aliphatic rings. The molecule has 0 N–H and O–H groups in total. The maximum absolute atomic E-state index is 5.49.